The van der Waals surface area contributed by atoms with Crippen LogP contribution in [0.4, 0.5) is 0 Å². The summed E-state index contributed by atoms with van der Waals surface area (Å²) >= 11 is 0. The average Bonchev–Trinajstić information content (AvgIpc) is 2.95. The second-order valence-electron chi connectivity index (χ2n) is 4.96. The van der Waals surface area contributed by atoms with Crippen molar-refractivity contribution < 1.29 is 4.42 Å². The summed E-state index contributed by atoms with van der Waals surface area (Å²) in [6, 6.07) is 19.0. The smallest absolute Gasteiger partial charge is 0.117 e. The Bertz CT molecular complexity index is 694. The van der Waals surface area contributed by atoms with Gasteiger partial charge in [0, 0.05) is 13.0 Å². The van der Waals surface area contributed by atoms with Gasteiger partial charge in [0.1, 0.15) is 11.5 Å². The minimum Gasteiger partial charge on any atom is -0.465 e. The molecular formula is C18H19NO. The van der Waals surface area contributed by atoms with Gasteiger partial charge >= 0.3 is 0 Å². The van der Waals surface area contributed by atoms with E-state index in [1.54, 1.807) is 0 Å². The molecule has 0 aliphatic carbocycles. The Labute approximate surface area is 119 Å². The monoisotopic (exact) mass is 265 g/mol. The van der Waals surface area contributed by atoms with Crippen LogP contribution in [0.25, 0.3) is 10.8 Å². The maximum absolute atomic E-state index is 5.70. The van der Waals surface area contributed by atoms with Crippen molar-refractivity contribution in [1.29, 1.82) is 0 Å². The minimum absolute atomic E-state index is 0.767. The molecule has 0 bridgehead atoms. The Kier molecular flexibility index (Phi) is 3.84. The predicted molar refractivity (Wildman–Crippen MR) is 82.6 cm³/mol. The fourth-order valence-electron chi connectivity index (χ4n) is 2.47. The zero-order valence-electron chi connectivity index (χ0n) is 11.7. The molecule has 0 spiro atoms. The van der Waals surface area contributed by atoms with Crippen LogP contribution in [0.1, 0.15) is 24.0 Å². The lowest BCUT2D eigenvalue weighted by Gasteiger charge is -2.07. The fraction of sp³-hybridized carbons (Fsp3) is 0.222. The molecule has 3 rings (SSSR count). The van der Waals surface area contributed by atoms with Crippen LogP contribution in [0.5, 0.6) is 0 Å². The van der Waals surface area contributed by atoms with Crippen LogP contribution >= 0.6 is 0 Å². The van der Waals surface area contributed by atoms with E-state index in [0.717, 1.165) is 31.0 Å². The highest BCUT2D eigenvalue weighted by molar-refractivity contribution is 5.85. The lowest BCUT2D eigenvalue weighted by Crippen LogP contribution is -2.12. The van der Waals surface area contributed by atoms with Crippen molar-refractivity contribution in [3.63, 3.8) is 0 Å². The van der Waals surface area contributed by atoms with Gasteiger partial charge in [-0.05, 0) is 28.5 Å². The van der Waals surface area contributed by atoms with Gasteiger partial charge in [-0.1, -0.05) is 49.4 Å². The van der Waals surface area contributed by atoms with Crippen molar-refractivity contribution in [2.75, 3.05) is 0 Å². The van der Waals surface area contributed by atoms with Crippen LogP contribution in [0.3, 0.4) is 0 Å². The van der Waals surface area contributed by atoms with Crippen LogP contribution in [0.2, 0.25) is 0 Å². The fourth-order valence-corrected chi connectivity index (χ4v) is 2.47. The summed E-state index contributed by atoms with van der Waals surface area (Å²) in [5.74, 6) is 2.05. The van der Waals surface area contributed by atoms with E-state index in [1.807, 2.05) is 0 Å². The van der Waals surface area contributed by atoms with Crippen LogP contribution in [0, 0.1) is 0 Å². The van der Waals surface area contributed by atoms with Crippen LogP contribution in [-0.4, -0.2) is 0 Å². The summed E-state index contributed by atoms with van der Waals surface area (Å²) in [7, 11) is 0. The predicted octanol–water partition coefficient (Wildman–Crippen LogP) is 4.29. The van der Waals surface area contributed by atoms with E-state index in [4.69, 9.17) is 4.42 Å². The van der Waals surface area contributed by atoms with Gasteiger partial charge in [-0.25, -0.2) is 0 Å². The van der Waals surface area contributed by atoms with E-state index in [0.29, 0.717) is 0 Å². The van der Waals surface area contributed by atoms with Gasteiger partial charge in [0.05, 0.1) is 6.54 Å². The molecule has 2 nitrogen and oxygen atoms in total. The first-order valence-corrected chi connectivity index (χ1v) is 7.12. The summed E-state index contributed by atoms with van der Waals surface area (Å²) in [5.41, 5.74) is 1.32. The first-order chi connectivity index (χ1) is 9.86. The van der Waals surface area contributed by atoms with Gasteiger partial charge in [-0.2, -0.15) is 0 Å². The van der Waals surface area contributed by atoms with Crippen molar-refractivity contribution >= 4 is 10.8 Å². The van der Waals surface area contributed by atoms with E-state index >= 15 is 0 Å². The van der Waals surface area contributed by atoms with E-state index < -0.39 is 0 Å². The van der Waals surface area contributed by atoms with E-state index in [9.17, 15) is 0 Å². The third kappa shape index (κ3) is 2.75. The minimum atomic E-state index is 0.767. The molecule has 0 saturated carbocycles. The maximum Gasteiger partial charge on any atom is 0.117 e. The third-order valence-electron chi connectivity index (χ3n) is 3.56. The van der Waals surface area contributed by atoms with Gasteiger partial charge in [0.2, 0.25) is 0 Å². The highest BCUT2D eigenvalue weighted by Gasteiger charge is 2.02. The van der Waals surface area contributed by atoms with Crippen molar-refractivity contribution in [2.45, 2.75) is 26.4 Å². The molecular weight excluding hydrogens is 246 g/mol. The van der Waals surface area contributed by atoms with Crippen molar-refractivity contribution in [3.8, 4) is 0 Å². The molecule has 0 atom stereocenters. The first kappa shape index (κ1) is 12.9. The number of nitrogens with one attached hydrogen (secondary N) is 1. The Morgan fingerprint density at radius 2 is 1.65 bits per heavy atom. The SMILES string of the molecule is CCc1ccc(CNCc2cccc3ccccc23)o1. The molecule has 20 heavy (non-hydrogen) atoms. The second-order valence-corrected chi connectivity index (χ2v) is 4.96. The van der Waals surface area contributed by atoms with Crippen LogP contribution in [-0.2, 0) is 19.5 Å². The molecule has 0 fully saturated rings. The van der Waals surface area contributed by atoms with Gasteiger partial charge in [0.15, 0.2) is 0 Å². The summed E-state index contributed by atoms with van der Waals surface area (Å²) in [5, 5.41) is 6.06. The van der Waals surface area contributed by atoms with Crippen LogP contribution < -0.4 is 5.32 Å². The molecule has 1 heterocycles. The van der Waals surface area contributed by atoms with E-state index in [-0.39, 0.29) is 0 Å². The molecule has 1 aromatic heterocycles. The summed E-state index contributed by atoms with van der Waals surface area (Å²) < 4.78 is 5.70. The molecule has 1 N–H and O–H groups in total. The number of furan rings is 1. The number of benzene rings is 2. The Morgan fingerprint density at radius 1 is 0.850 bits per heavy atom. The first-order valence-electron chi connectivity index (χ1n) is 7.12. The Hall–Kier alpha value is -2.06. The highest BCUT2D eigenvalue weighted by Crippen LogP contribution is 2.18. The van der Waals surface area contributed by atoms with Crippen molar-refractivity contribution in [1.82, 2.24) is 5.32 Å². The number of rotatable bonds is 5. The van der Waals surface area contributed by atoms with Gasteiger partial charge in [-0.15, -0.1) is 0 Å². The normalized spacial score (nSPS) is 11.1. The summed E-state index contributed by atoms with van der Waals surface area (Å²) in [6.45, 7) is 3.72. The van der Waals surface area contributed by atoms with Gasteiger partial charge in [-0.3, -0.25) is 0 Å². The summed E-state index contributed by atoms with van der Waals surface area (Å²) in [4.78, 5) is 0. The quantitative estimate of drug-likeness (QED) is 0.744. The molecule has 0 aliphatic rings. The lowest BCUT2D eigenvalue weighted by atomic mass is 10.0. The molecule has 0 radical (unpaired) electrons. The van der Waals surface area contributed by atoms with Crippen molar-refractivity contribution in [3.05, 3.63) is 71.7 Å². The number of fused-ring (bicyclic) bond motifs is 1. The average molecular weight is 265 g/mol. The molecule has 0 saturated heterocycles. The number of hydrogen-bond donors (Lipinski definition) is 1. The van der Waals surface area contributed by atoms with Gasteiger partial charge < -0.3 is 9.73 Å². The molecule has 102 valence electrons. The Balaban J connectivity index is 1.68. The van der Waals surface area contributed by atoms with E-state index in [1.165, 1.54) is 16.3 Å². The standard InChI is InChI=1S/C18H19NO/c1-2-16-10-11-17(20-16)13-19-12-15-8-5-7-14-6-3-4-9-18(14)15/h3-11,19H,2,12-13H2,1H3. The zero-order valence-corrected chi connectivity index (χ0v) is 11.7. The third-order valence-corrected chi connectivity index (χ3v) is 3.56. The maximum atomic E-state index is 5.70. The lowest BCUT2D eigenvalue weighted by molar-refractivity contribution is 0.450. The van der Waals surface area contributed by atoms with Gasteiger partial charge in [0.25, 0.3) is 0 Å². The highest BCUT2D eigenvalue weighted by atomic mass is 16.3. The zero-order chi connectivity index (χ0) is 13.8. The van der Waals surface area contributed by atoms with Crippen LogP contribution in [0.15, 0.2) is 59.0 Å². The Morgan fingerprint density at radius 3 is 2.50 bits per heavy atom. The summed E-state index contributed by atoms with van der Waals surface area (Å²) in [6.07, 6.45) is 0.948. The number of aryl methyl sites for hydroxylation is 1. The molecule has 0 unspecified atom stereocenters. The number of hydrogen-bond acceptors (Lipinski definition) is 2. The molecule has 2 aromatic carbocycles. The topological polar surface area (TPSA) is 25.2 Å². The molecule has 2 heteroatoms. The largest absolute Gasteiger partial charge is 0.465 e. The molecule has 3 aromatic rings. The molecule has 0 aliphatic heterocycles. The van der Waals surface area contributed by atoms with Crippen molar-refractivity contribution in [2.24, 2.45) is 0 Å². The second kappa shape index (κ2) is 5.93. The molecule has 0 amide bonds. The van der Waals surface area contributed by atoms with E-state index in [2.05, 4.69) is 66.8 Å².